The molecular formula is C23H28N4O3S2. The number of anilines is 1. The molecule has 0 aliphatic rings. The molecule has 3 rings (SSSR count). The van der Waals surface area contributed by atoms with Crippen molar-refractivity contribution in [3.63, 3.8) is 0 Å². The Morgan fingerprint density at radius 3 is 2.38 bits per heavy atom. The Hall–Kier alpha value is -2.65. The molecule has 1 N–H and O–H groups in total. The highest BCUT2D eigenvalue weighted by Crippen LogP contribution is 2.27. The summed E-state index contributed by atoms with van der Waals surface area (Å²) >= 11 is 1.28. The summed E-state index contributed by atoms with van der Waals surface area (Å²) in [5.74, 6) is -0.0492. The summed E-state index contributed by atoms with van der Waals surface area (Å²) in [6.07, 6.45) is 0.589. The normalized spacial score (nSPS) is 12.5. The van der Waals surface area contributed by atoms with Crippen molar-refractivity contribution in [2.45, 2.75) is 55.2 Å². The summed E-state index contributed by atoms with van der Waals surface area (Å²) in [6.45, 7) is 7.77. The molecular weight excluding hydrogens is 444 g/mol. The van der Waals surface area contributed by atoms with Gasteiger partial charge in [-0.3, -0.25) is 4.79 Å². The summed E-state index contributed by atoms with van der Waals surface area (Å²) in [4.78, 5) is 13.1. The third kappa shape index (κ3) is 5.58. The molecule has 0 aliphatic heterocycles. The molecule has 0 aliphatic carbocycles. The number of hydrogen-bond donors (Lipinski definition) is 1. The van der Waals surface area contributed by atoms with Crippen molar-refractivity contribution in [1.82, 2.24) is 14.8 Å². The van der Waals surface area contributed by atoms with Gasteiger partial charge in [0.2, 0.25) is 5.91 Å². The van der Waals surface area contributed by atoms with E-state index in [1.54, 1.807) is 35.9 Å². The van der Waals surface area contributed by atoms with Crippen LogP contribution in [0.4, 0.5) is 5.69 Å². The van der Waals surface area contributed by atoms with E-state index >= 15 is 0 Å². The number of aromatic nitrogens is 3. The quantitative estimate of drug-likeness (QED) is 0.493. The fourth-order valence-corrected chi connectivity index (χ4v) is 5.35. The zero-order valence-corrected chi connectivity index (χ0v) is 20.5. The van der Waals surface area contributed by atoms with Crippen molar-refractivity contribution in [3.05, 3.63) is 65.0 Å². The molecule has 1 amide bonds. The average molecular weight is 473 g/mol. The number of aryl methyl sites for hydroxylation is 3. The molecule has 0 radical (unpaired) electrons. The van der Waals surface area contributed by atoms with Gasteiger partial charge in [-0.1, -0.05) is 48.5 Å². The Morgan fingerprint density at radius 1 is 1.06 bits per heavy atom. The molecule has 9 heteroatoms. The van der Waals surface area contributed by atoms with Crippen LogP contribution in [0.15, 0.2) is 52.5 Å². The van der Waals surface area contributed by atoms with E-state index in [0.29, 0.717) is 17.4 Å². The molecule has 0 saturated carbocycles. The van der Waals surface area contributed by atoms with Gasteiger partial charge in [-0.15, -0.1) is 10.2 Å². The number of thioether (sulfide) groups is 1. The van der Waals surface area contributed by atoms with Crippen LogP contribution in [0, 0.1) is 20.8 Å². The maximum Gasteiger partial charge on any atom is 0.237 e. The fourth-order valence-electron chi connectivity index (χ4n) is 3.11. The number of nitrogens with one attached hydrogen (secondary N) is 1. The third-order valence-electron chi connectivity index (χ3n) is 5.19. The highest BCUT2D eigenvalue weighted by molar-refractivity contribution is 8.00. The summed E-state index contributed by atoms with van der Waals surface area (Å²) in [5, 5.41) is 11.3. The van der Waals surface area contributed by atoms with Gasteiger partial charge in [0.25, 0.3) is 0 Å². The predicted molar refractivity (Wildman–Crippen MR) is 128 cm³/mol. The number of amides is 1. The van der Waals surface area contributed by atoms with Crippen LogP contribution in [0.5, 0.6) is 0 Å². The Morgan fingerprint density at radius 2 is 1.72 bits per heavy atom. The molecule has 3 aromatic rings. The van der Waals surface area contributed by atoms with Gasteiger partial charge in [-0.2, -0.15) is 0 Å². The largest absolute Gasteiger partial charge is 0.325 e. The zero-order chi connectivity index (χ0) is 23.5. The van der Waals surface area contributed by atoms with Crippen LogP contribution in [0.1, 0.15) is 35.9 Å². The van der Waals surface area contributed by atoms with Gasteiger partial charge in [-0.05, 0) is 56.5 Å². The highest BCUT2D eigenvalue weighted by atomic mass is 32.2. The van der Waals surface area contributed by atoms with E-state index in [9.17, 15) is 13.2 Å². The highest BCUT2D eigenvalue weighted by Gasteiger charge is 2.24. The molecule has 1 unspecified atom stereocenters. The number of rotatable bonds is 8. The van der Waals surface area contributed by atoms with E-state index in [1.165, 1.54) is 11.8 Å². The molecule has 1 aromatic heterocycles. The standard InChI is InChI=1S/C23H28N4O3S2/c1-6-20(22(28)24-19-13-16(3)7-10-17(19)4)31-23-26-25-21(27(23)5)14-32(29,30)18-11-8-15(2)9-12-18/h7-13,20H,6,14H2,1-5H3,(H,24,28). The lowest BCUT2D eigenvalue weighted by Crippen LogP contribution is -2.25. The number of nitrogens with zero attached hydrogens (tertiary/aromatic N) is 3. The molecule has 0 bridgehead atoms. The molecule has 2 aromatic carbocycles. The van der Waals surface area contributed by atoms with Crippen molar-refractivity contribution in [3.8, 4) is 0 Å². The third-order valence-corrected chi connectivity index (χ3v) is 8.21. The topological polar surface area (TPSA) is 93.9 Å². The fraction of sp³-hybridized carbons (Fsp3) is 0.348. The Balaban J connectivity index is 1.74. The van der Waals surface area contributed by atoms with Crippen LogP contribution >= 0.6 is 11.8 Å². The maximum absolute atomic E-state index is 12.9. The molecule has 0 fully saturated rings. The molecule has 1 heterocycles. The summed E-state index contributed by atoms with van der Waals surface area (Å²) in [7, 11) is -1.83. The average Bonchev–Trinajstić information content (AvgIpc) is 3.07. The van der Waals surface area contributed by atoms with Crippen molar-refractivity contribution >= 4 is 33.2 Å². The monoisotopic (exact) mass is 472 g/mol. The summed E-state index contributed by atoms with van der Waals surface area (Å²) in [5.41, 5.74) is 3.84. The number of benzene rings is 2. The summed E-state index contributed by atoms with van der Waals surface area (Å²) in [6, 6.07) is 12.7. The lowest BCUT2D eigenvalue weighted by molar-refractivity contribution is -0.115. The van der Waals surface area contributed by atoms with E-state index in [1.807, 2.05) is 45.9 Å². The number of hydrogen-bond acceptors (Lipinski definition) is 6. The van der Waals surface area contributed by atoms with Crippen LogP contribution in [-0.4, -0.2) is 34.3 Å². The predicted octanol–water partition coefficient (Wildman–Crippen LogP) is 4.22. The summed E-state index contributed by atoms with van der Waals surface area (Å²) < 4.78 is 27.2. The Kier molecular flexibility index (Phi) is 7.40. The molecule has 1 atom stereocenters. The first-order chi connectivity index (χ1) is 15.1. The second kappa shape index (κ2) is 9.87. The molecule has 0 saturated heterocycles. The van der Waals surface area contributed by atoms with Crippen molar-refractivity contribution in [1.29, 1.82) is 0 Å². The lowest BCUT2D eigenvalue weighted by Gasteiger charge is -2.16. The van der Waals surface area contributed by atoms with E-state index in [0.717, 1.165) is 22.4 Å². The van der Waals surface area contributed by atoms with E-state index in [-0.39, 0.29) is 21.8 Å². The van der Waals surface area contributed by atoms with Crippen LogP contribution < -0.4 is 5.32 Å². The van der Waals surface area contributed by atoms with Crippen LogP contribution in [0.3, 0.4) is 0 Å². The van der Waals surface area contributed by atoms with Gasteiger partial charge < -0.3 is 9.88 Å². The minimum atomic E-state index is -3.55. The van der Waals surface area contributed by atoms with E-state index < -0.39 is 9.84 Å². The van der Waals surface area contributed by atoms with Gasteiger partial charge in [0.1, 0.15) is 11.6 Å². The van der Waals surface area contributed by atoms with E-state index in [4.69, 9.17) is 0 Å². The van der Waals surface area contributed by atoms with Crippen molar-refractivity contribution < 1.29 is 13.2 Å². The SMILES string of the molecule is CCC(Sc1nnc(CS(=O)(=O)c2ccc(C)cc2)n1C)C(=O)Nc1cc(C)ccc1C. The number of carbonyl (C=O) groups excluding carboxylic acids is 1. The molecule has 32 heavy (non-hydrogen) atoms. The van der Waals surface area contributed by atoms with Gasteiger partial charge in [-0.25, -0.2) is 8.42 Å². The van der Waals surface area contributed by atoms with Crippen molar-refractivity contribution in [2.75, 3.05) is 5.32 Å². The molecule has 7 nitrogen and oxygen atoms in total. The lowest BCUT2D eigenvalue weighted by atomic mass is 10.1. The minimum Gasteiger partial charge on any atom is -0.325 e. The van der Waals surface area contributed by atoms with Crippen LogP contribution in [-0.2, 0) is 27.4 Å². The Labute approximate surface area is 193 Å². The van der Waals surface area contributed by atoms with Crippen LogP contribution in [0.25, 0.3) is 0 Å². The molecule has 170 valence electrons. The van der Waals surface area contributed by atoms with Crippen LogP contribution in [0.2, 0.25) is 0 Å². The second-order valence-corrected chi connectivity index (χ2v) is 11.0. The second-order valence-electron chi connectivity index (χ2n) is 7.85. The first-order valence-electron chi connectivity index (χ1n) is 10.3. The van der Waals surface area contributed by atoms with Gasteiger partial charge in [0.15, 0.2) is 15.0 Å². The van der Waals surface area contributed by atoms with Gasteiger partial charge in [0.05, 0.1) is 10.1 Å². The Bertz CT molecular complexity index is 1220. The first kappa shape index (κ1) is 24.0. The first-order valence-corrected chi connectivity index (χ1v) is 12.9. The van der Waals surface area contributed by atoms with E-state index in [2.05, 4.69) is 15.5 Å². The van der Waals surface area contributed by atoms with Gasteiger partial charge in [0, 0.05) is 12.7 Å². The molecule has 0 spiro atoms. The van der Waals surface area contributed by atoms with Crippen molar-refractivity contribution in [2.24, 2.45) is 7.05 Å². The minimum absolute atomic E-state index is 0.122. The smallest absolute Gasteiger partial charge is 0.237 e. The number of sulfone groups is 1. The van der Waals surface area contributed by atoms with Gasteiger partial charge >= 0.3 is 0 Å². The number of carbonyl (C=O) groups is 1. The maximum atomic E-state index is 12.9. The zero-order valence-electron chi connectivity index (χ0n) is 18.9.